The first-order valence-corrected chi connectivity index (χ1v) is 9.22. The molecule has 2 fully saturated rings. The molecular formula is C19H28ClNO3. The molecule has 2 aliphatic rings. The van der Waals surface area contributed by atoms with Crippen LogP contribution in [0.15, 0.2) is 18.2 Å². The number of aliphatic hydroxyl groups excluding tert-OH is 1. The first-order chi connectivity index (χ1) is 11.6. The zero-order valence-corrected chi connectivity index (χ0v) is 15.4. The summed E-state index contributed by atoms with van der Waals surface area (Å²) in [5.41, 5.74) is 2.52. The lowest BCUT2D eigenvalue weighted by atomic mass is 9.79. The van der Waals surface area contributed by atoms with Crippen molar-refractivity contribution >= 4 is 11.6 Å². The Morgan fingerprint density at radius 3 is 2.92 bits per heavy atom. The second-order valence-corrected chi connectivity index (χ2v) is 7.50. The fourth-order valence-corrected chi connectivity index (χ4v) is 4.60. The van der Waals surface area contributed by atoms with Crippen LogP contribution in [-0.4, -0.2) is 54.6 Å². The zero-order chi connectivity index (χ0) is 17.2. The van der Waals surface area contributed by atoms with Crippen molar-refractivity contribution < 1.29 is 14.6 Å². The molecule has 24 heavy (non-hydrogen) atoms. The monoisotopic (exact) mass is 353 g/mol. The van der Waals surface area contributed by atoms with Gasteiger partial charge in [0.25, 0.3) is 0 Å². The molecule has 1 saturated heterocycles. The van der Waals surface area contributed by atoms with Crippen molar-refractivity contribution in [3.8, 4) is 0 Å². The molecule has 134 valence electrons. The lowest BCUT2D eigenvalue weighted by Crippen LogP contribution is -2.51. The SMILES string of the molecule is CO[C@@]12CC[C@H](OCCO)C[C@@H]1N(Cc1ccc(Cl)cc1C)CC2. The molecule has 1 N–H and O–H groups in total. The van der Waals surface area contributed by atoms with E-state index in [1.165, 1.54) is 11.1 Å². The van der Waals surface area contributed by atoms with Crippen LogP contribution < -0.4 is 0 Å². The van der Waals surface area contributed by atoms with Crippen LogP contribution >= 0.6 is 11.6 Å². The third-order valence-electron chi connectivity index (χ3n) is 5.78. The smallest absolute Gasteiger partial charge is 0.0847 e. The van der Waals surface area contributed by atoms with Gasteiger partial charge in [0.1, 0.15) is 0 Å². The van der Waals surface area contributed by atoms with Crippen LogP contribution in [0.5, 0.6) is 0 Å². The summed E-state index contributed by atoms with van der Waals surface area (Å²) in [5.74, 6) is 0. The minimum absolute atomic E-state index is 0.0423. The first kappa shape index (κ1) is 18.2. The number of rotatable bonds is 6. The predicted molar refractivity (Wildman–Crippen MR) is 95.4 cm³/mol. The highest BCUT2D eigenvalue weighted by molar-refractivity contribution is 6.30. The number of methoxy groups -OCH3 is 1. The van der Waals surface area contributed by atoms with E-state index in [9.17, 15) is 0 Å². The van der Waals surface area contributed by atoms with E-state index >= 15 is 0 Å². The van der Waals surface area contributed by atoms with Gasteiger partial charge in [-0.15, -0.1) is 0 Å². The summed E-state index contributed by atoms with van der Waals surface area (Å²) in [6, 6.07) is 6.50. The number of hydrogen-bond donors (Lipinski definition) is 1. The van der Waals surface area contributed by atoms with Crippen molar-refractivity contribution in [1.82, 2.24) is 4.90 Å². The summed E-state index contributed by atoms with van der Waals surface area (Å²) < 4.78 is 11.8. The average Bonchev–Trinajstić information content (AvgIpc) is 2.94. The molecule has 1 heterocycles. The van der Waals surface area contributed by atoms with Gasteiger partial charge in [0.2, 0.25) is 0 Å². The molecule has 4 nitrogen and oxygen atoms in total. The van der Waals surface area contributed by atoms with Crippen molar-refractivity contribution in [3.63, 3.8) is 0 Å². The summed E-state index contributed by atoms with van der Waals surface area (Å²) in [6.07, 6.45) is 4.31. The molecule has 1 aromatic rings. The van der Waals surface area contributed by atoms with Crippen molar-refractivity contribution in [2.24, 2.45) is 0 Å². The maximum absolute atomic E-state index is 9.01. The summed E-state index contributed by atoms with van der Waals surface area (Å²) in [4.78, 5) is 2.54. The quantitative estimate of drug-likeness (QED) is 0.853. The lowest BCUT2D eigenvalue weighted by Gasteiger charge is -2.43. The van der Waals surface area contributed by atoms with E-state index in [0.717, 1.165) is 43.8 Å². The van der Waals surface area contributed by atoms with Gasteiger partial charge in [0.05, 0.1) is 24.9 Å². The Hall–Kier alpha value is -0.650. The highest BCUT2D eigenvalue weighted by Gasteiger charge is 2.51. The standard InChI is InChI=1S/C19H28ClNO3/c1-14-11-16(20)4-3-15(14)13-21-8-7-19(23-2)6-5-17(12-18(19)21)24-10-9-22/h3-4,11,17-18,22H,5-10,12-13H2,1-2H3/t17-,18-,19+/m0/s1. The van der Waals surface area contributed by atoms with E-state index < -0.39 is 0 Å². The largest absolute Gasteiger partial charge is 0.394 e. The Morgan fingerprint density at radius 2 is 2.21 bits per heavy atom. The number of aryl methyl sites for hydroxylation is 1. The number of fused-ring (bicyclic) bond motifs is 1. The molecule has 1 aliphatic carbocycles. The summed E-state index contributed by atoms with van der Waals surface area (Å²) in [6.45, 7) is 4.60. The second-order valence-electron chi connectivity index (χ2n) is 7.07. The fourth-order valence-electron chi connectivity index (χ4n) is 4.37. The molecule has 5 heteroatoms. The average molecular weight is 354 g/mol. The van der Waals surface area contributed by atoms with Crippen LogP contribution in [-0.2, 0) is 16.0 Å². The van der Waals surface area contributed by atoms with E-state index in [1.807, 2.05) is 19.2 Å². The normalized spacial score (nSPS) is 30.5. The molecule has 0 aromatic heterocycles. The maximum Gasteiger partial charge on any atom is 0.0847 e. The van der Waals surface area contributed by atoms with Gasteiger partial charge in [-0.3, -0.25) is 4.90 Å². The van der Waals surface area contributed by atoms with Gasteiger partial charge in [0, 0.05) is 31.3 Å². The minimum Gasteiger partial charge on any atom is -0.394 e. The van der Waals surface area contributed by atoms with E-state index in [4.69, 9.17) is 26.2 Å². The summed E-state index contributed by atoms with van der Waals surface area (Å²) in [7, 11) is 1.85. The number of aliphatic hydroxyl groups is 1. The summed E-state index contributed by atoms with van der Waals surface area (Å²) in [5, 5.41) is 9.80. The Labute approximate surface area is 149 Å². The number of halogens is 1. The van der Waals surface area contributed by atoms with Gasteiger partial charge in [-0.05, 0) is 55.9 Å². The Morgan fingerprint density at radius 1 is 1.38 bits per heavy atom. The van der Waals surface area contributed by atoms with Crippen molar-refractivity contribution in [2.45, 2.75) is 56.9 Å². The number of ether oxygens (including phenoxy) is 2. The fraction of sp³-hybridized carbons (Fsp3) is 0.684. The van der Waals surface area contributed by atoms with Crippen molar-refractivity contribution in [3.05, 3.63) is 34.3 Å². The van der Waals surface area contributed by atoms with Crippen LogP contribution in [0.3, 0.4) is 0 Å². The molecule has 3 rings (SSSR count). The number of likely N-dealkylation sites (tertiary alicyclic amines) is 1. The van der Waals surface area contributed by atoms with Gasteiger partial charge in [-0.25, -0.2) is 0 Å². The predicted octanol–water partition coefficient (Wildman–Crippen LogP) is 3.17. The Bertz CT molecular complexity index is 568. The van der Waals surface area contributed by atoms with E-state index in [-0.39, 0.29) is 18.3 Å². The van der Waals surface area contributed by atoms with E-state index in [0.29, 0.717) is 12.6 Å². The first-order valence-electron chi connectivity index (χ1n) is 8.84. The van der Waals surface area contributed by atoms with Crippen LogP contribution in [0, 0.1) is 6.92 Å². The molecule has 0 spiro atoms. The molecular weight excluding hydrogens is 326 g/mol. The lowest BCUT2D eigenvalue weighted by molar-refractivity contribution is -0.104. The highest BCUT2D eigenvalue weighted by Crippen LogP contribution is 2.43. The topological polar surface area (TPSA) is 41.9 Å². The molecule has 0 unspecified atom stereocenters. The number of nitrogens with zero attached hydrogens (tertiary/aromatic N) is 1. The van der Waals surface area contributed by atoms with Crippen LogP contribution in [0.25, 0.3) is 0 Å². The second kappa shape index (κ2) is 7.71. The maximum atomic E-state index is 9.01. The van der Waals surface area contributed by atoms with Gasteiger partial charge in [-0.2, -0.15) is 0 Å². The molecule has 3 atom stereocenters. The summed E-state index contributed by atoms with van der Waals surface area (Å²) >= 11 is 6.09. The molecule has 1 aliphatic heterocycles. The molecule has 0 bridgehead atoms. The number of benzene rings is 1. The molecule has 0 radical (unpaired) electrons. The van der Waals surface area contributed by atoms with Gasteiger partial charge < -0.3 is 14.6 Å². The van der Waals surface area contributed by atoms with Crippen LogP contribution in [0.4, 0.5) is 0 Å². The van der Waals surface area contributed by atoms with Gasteiger partial charge in [0.15, 0.2) is 0 Å². The van der Waals surface area contributed by atoms with Gasteiger partial charge in [-0.1, -0.05) is 17.7 Å². The zero-order valence-electron chi connectivity index (χ0n) is 14.6. The third-order valence-corrected chi connectivity index (χ3v) is 6.01. The number of hydrogen-bond acceptors (Lipinski definition) is 4. The molecule has 1 saturated carbocycles. The van der Waals surface area contributed by atoms with E-state index in [1.54, 1.807) is 0 Å². The minimum atomic E-state index is -0.0423. The van der Waals surface area contributed by atoms with Gasteiger partial charge >= 0.3 is 0 Å². The Kier molecular flexibility index (Phi) is 5.83. The highest BCUT2D eigenvalue weighted by atomic mass is 35.5. The molecule has 1 aromatic carbocycles. The van der Waals surface area contributed by atoms with Crippen LogP contribution in [0.1, 0.15) is 36.8 Å². The molecule has 0 amide bonds. The van der Waals surface area contributed by atoms with Crippen molar-refractivity contribution in [2.75, 3.05) is 26.9 Å². The Balaban J connectivity index is 1.73. The van der Waals surface area contributed by atoms with Crippen LogP contribution in [0.2, 0.25) is 5.02 Å². The third kappa shape index (κ3) is 3.63. The van der Waals surface area contributed by atoms with Crippen molar-refractivity contribution in [1.29, 1.82) is 0 Å². The van der Waals surface area contributed by atoms with E-state index in [2.05, 4.69) is 17.9 Å².